The fourth-order valence-corrected chi connectivity index (χ4v) is 2.70. The Kier molecular flexibility index (Phi) is 5.44. The van der Waals surface area contributed by atoms with Gasteiger partial charge in [0.1, 0.15) is 18.5 Å². The van der Waals surface area contributed by atoms with Crippen LogP contribution in [0.25, 0.3) is 0 Å². The maximum Gasteiger partial charge on any atom is 0.119 e. The van der Waals surface area contributed by atoms with Gasteiger partial charge in [-0.1, -0.05) is 26.0 Å². The molecule has 0 saturated heterocycles. The Balaban J connectivity index is 1.73. The molecule has 3 nitrogen and oxygen atoms in total. The monoisotopic (exact) mass is 277 g/mol. The molecule has 1 unspecified atom stereocenters. The highest BCUT2D eigenvalue weighted by atomic mass is 16.5. The summed E-state index contributed by atoms with van der Waals surface area (Å²) in [5, 5.41) is 13.5. The lowest BCUT2D eigenvalue weighted by atomic mass is 9.75. The van der Waals surface area contributed by atoms with E-state index in [4.69, 9.17) is 4.74 Å². The molecule has 1 saturated carbocycles. The van der Waals surface area contributed by atoms with Gasteiger partial charge in [-0.3, -0.25) is 0 Å². The summed E-state index contributed by atoms with van der Waals surface area (Å²) in [6.07, 6.45) is 5.45. The number of aliphatic hydroxyl groups excluding tert-OH is 1. The molecule has 2 rings (SSSR count). The summed E-state index contributed by atoms with van der Waals surface area (Å²) in [5.41, 5.74) is 1.54. The van der Waals surface area contributed by atoms with Crippen molar-refractivity contribution in [1.29, 1.82) is 0 Å². The highest BCUT2D eigenvalue weighted by Crippen LogP contribution is 2.34. The van der Waals surface area contributed by atoms with Crippen LogP contribution in [-0.2, 0) is 6.42 Å². The second-order valence-corrected chi connectivity index (χ2v) is 5.83. The van der Waals surface area contributed by atoms with Crippen molar-refractivity contribution >= 4 is 0 Å². The molecular weight excluding hydrogens is 250 g/mol. The highest BCUT2D eigenvalue weighted by molar-refractivity contribution is 5.28. The van der Waals surface area contributed by atoms with Gasteiger partial charge in [0, 0.05) is 12.1 Å². The molecule has 1 fully saturated rings. The number of benzene rings is 1. The Morgan fingerprint density at radius 3 is 2.75 bits per heavy atom. The molecule has 1 atom stereocenters. The molecule has 0 amide bonds. The molecule has 0 heterocycles. The Bertz CT molecular complexity index is 410. The van der Waals surface area contributed by atoms with E-state index < -0.39 is 6.10 Å². The molecule has 1 aromatic rings. The van der Waals surface area contributed by atoms with Gasteiger partial charge in [-0.25, -0.2) is 0 Å². The molecule has 0 spiro atoms. The molecule has 112 valence electrons. The van der Waals surface area contributed by atoms with Crippen molar-refractivity contribution in [3.63, 3.8) is 0 Å². The average Bonchev–Trinajstić information content (AvgIpc) is 2.44. The van der Waals surface area contributed by atoms with Gasteiger partial charge in [0.15, 0.2) is 0 Å². The Morgan fingerprint density at radius 2 is 2.15 bits per heavy atom. The maximum atomic E-state index is 10.0. The first kappa shape index (κ1) is 15.3. The number of aliphatic hydroxyl groups is 1. The molecule has 1 aromatic carbocycles. The summed E-state index contributed by atoms with van der Waals surface area (Å²) in [6.45, 7) is 5.30. The van der Waals surface area contributed by atoms with Crippen LogP contribution >= 0.6 is 0 Å². The van der Waals surface area contributed by atoms with E-state index in [0.29, 0.717) is 13.2 Å². The van der Waals surface area contributed by atoms with Gasteiger partial charge >= 0.3 is 0 Å². The first-order chi connectivity index (χ1) is 9.67. The van der Waals surface area contributed by atoms with Crippen LogP contribution in [0.3, 0.4) is 0 Å². The number of hydrogen-bond acceptors (Lipinski definition) is 3. The van der Waals surface area contributed by atoms with Crippen LogP contribution < -0.4 is 10.1 Å². The second-order valence-electron chi connectivity index (χ2n) is 5.83. The third-order valence-corrected chi connectivity index (χ3v) is 4.45. The first-order valence-electron chi connectivity index (χ1n) is 7.82. The number of ether oxygens (including phenoxy) is 1. The lowest BCUT2D eigenvalue weighted by molar-refractivity contribution is 0.0811. The topological polar surface area (TPSA) is 41.5 Å². The van der Waals surface area contributed by atoms with Crippen LogP contribution in [0.4, 0.5) is 0 Å². The number of rotatable bonds is 8. The fourth-order valence-electron chi connectivity index (χ4n) is 2.70. The van der Waals surface area contributed by atoms with Gasteiger partial charge in [0.05, 0.1) is 0 Å². The average molecular weight is 277 g/mol. The lowest BCUT2D eigenvalue weighted by Crippen LogP contribution is -2.53. The standard InChI is InChI=1S/C17H27NO2/c1-3-14-7-5-8-16(11-14)20-13-15(19)12-18-17(4-2)9-6-10-17/h5,7-8,11,15,18-19H,3-4,6,9-10,12-13H2,1-2H3. The summed E-state index contributed by atoms with van der Waals surface area (Å²) in [5.74, 6) is 0.845. The van der Waals surface area contributed by atoms with Crippen molar-refractivity contribution in [1.82, 2.24) is 5.32 Å². The van der Waals surface area contributed by atoms with Crippen molar-refractivity contribution in [2.24, 2.45) is 0 Å². The summed E-state index contributed by atoms with van der Waals surface area (Å²) < 4.78 is 5.67. The second kappa shape index (κ2) is 7.09. The lowest BCUT2D eigenvalue weighted by Gasteiger charge is -2.42. The van der Waals surface area contributed by atoms with Crippen LogP contribution in [0, 0.1) is 0 Å². The van der Waals surface area contributed by atoms with E-state index in [1.54, 1.807) is 0 Å². The molecular formula is C17H27NO2. The minimum Gasteiger partial charge on any atom is -0.491 e. The van der Waals surface area contributed by atoms with Gasteiger partial charge < -0.3 is 15.2 Å². The Morgan fingerprint density at radius 1 is 1.35 bits per heavy atom. The molecule has 0 aromatic heterocycles. The van der Waals surface area contributed by atoms with Crippen molar-refractivity contribution < 1.29 is 9.84 Å². The highest BCUT2D eigenvalue weighted by Gasteiger charge is 2.34. The third-order valence-electron chi connectivity index (χ3n) is 4.45. The minimum atomic E-state index is -0.454. The van der Waals surface area contributed by atoms with Gasteiger partial charge in [0.25, 0.3) is 0 Å². The van der Waals surface area contributed by atoms with Crippen LogP contribution in [0.5, 0.6) is 5.75 Å². The first-order valence-corrected chi connectivity index (χ1v) is 7.82. The summed E-state index contributed by atoms with van der Waals surface area (Å²) >= 11 is 0. The summed E-state index contributed by atoms with van der Waals surface area (Å²) in [7, 11) is 0. The number of hydrogen-bond donors (Lipinski definition) is 2. The Labute approximate surface area is 122 Å². The van der Waals surface area contributed by atoms with E-state index in [0.717, 1.165) is 18.6 Å². The zero-order chi connectivity index (χ0) is 14.4. The number of nitrogens with one attached hydrogen (secondary N) is 1. The molecule has 1 aliphatic carbocycles. The van der Waals surface area contributed by atoms with E-state index in [1.807, 2.05) is 18.2 Å². The van der Waals surface area contributed by atoms with Gasteiger partial charge in [-0.15, -0.1) is 0 Å². The van der Waals surface area contributed by atoms with E-state index in [2.05, 4.69) is 25.2 Å². The van der Waals surface area contributed by atoms with Gasteiger partial charge in [-0.2, -0.15) is 0 Å². The van der Waals surface area contributed by atoms with E-state index >= 15 is 0 Å². The quantitative estimate of drug-likeness (QED) is 0.767. The Hall–Kier alpha value is -1.06. The predicted molar refractivity (Wildman–Crippen MR) is 82.2 cm³/mol. The number of aryl methyl sites for hydroxylation is 1. The van der Waals surface area contributed by atoms with Crippen molar-refractivity contribution in [3.05, 3.63) is 29.8 Å². The molecule has 3 heteroatoms. The van der Waals surface area contributed by atoms with Crippen molar-refractivity contribution in [3.8, 4) is 5.75 Å². The zero-order valence-electron chi connectivity index (χ0n) is 12.7. The normalized spacial score (nSPS) is 18.4. The van der Waals surface area contributed by atoms with Crippen LogP contribution in [0.1, 0.15) is 45.1 Å². The van der Waals surface area contributed by atoms with E-state index in [9.17, 15) is 5.11 Å². The van der Waals surface area contributed by atoms with Crippen molar-refractivity contribution in [2.75, 3.05) is 13.2 Å². The largest absolute Gasteiger partial charge is 0.491 e. The van der Waals surface area contributed by atoms with Crippen LogP contribution in [-0.4, -0.2) is 29.9 Å². The SMILES string of the molecule is CCc1cccc(OCC(O)CNC2(CC)CCC2)c1. The third kappa shape index (κ3) is 3.97. The smallest absolute Gasteiger partial charge is 0.119 e. The maximum absolute atomic E-state index is 10.0. The fraction of sp³-hybridized carbons (Fsp3) is 0.647. The minimum absolute atomic E-state index is 0.281. The van der Waals surface area contributed by atoms with E-state index in [1.165, 1.54) is 24.8 Å². The molecule has 0 radical (unpaired) electrons. The molecule has 20 heavy (non-hydrogen) atoms. The van der Waals surface area contributed by atoms with Crippen LogP contribution in [0.2, 0.25) is 0 Å². The zero-order valence-corrected chi connectivity index (χ0v) is 12.7. The molecule has 1 aliphatic rings. The van der Waals surface area contributed by atoms with Crippen molar-refractivity contribution in [2.45, 2.75) is 57.6 Å². The predicted octanol–water partition coefficient (Wildman–Crippen LogP) is 2.91. The molecule has 2 N–H and O–H groups in total. The number of β-amino-alcohol motifs (C(OH)–C–C–N with tert-alkyl or cyclic N) is 1. The summed E-state index contributed by atoms with van der Waals surface area (Å²) in [6, 6.07) is 8.07. The van der Waals surface area contributed by atoms with Gasteiger partial charge in [0.2, 0.25) is 0 Å². The molecule has 0 aliphatic heterocycles. The summed E-state index contributed by atoms with van der Waals surface area (Å²) in [4.78, 5) is 0. The van der Waals surface area contributed by atoms with Crippen LogP contribution in [0.15, 0.2) is 24.3 Å². The van der Waals surface area contributed by atoms with Gasteiger partial charge in [-0.05, 0) is 49.8 Å². The van der Waals surface area contributed by atoms with E-state index in [-0.39, 0.29) is 5.54 Å². The molecule has 0 bridgehead atoms.